The summed E-state index contributed by atoms with van der Waals surface area (Å²) in [6, 6.07) is 0.518. The number of hydrogen-bond acceptors (Lipinski definition) is 1. The molecule has 0 aliphatic heterocycles. The van der Waals surface area contributed by atoms with Crippen LogP contribution in [-0.4, -0.2) is 6.04 Å². The zero-order valence-electron chi connectivity index (χ0n) is 6.89. The zero-order chi connectivity index (χ0) is 6.91. The second-order valence-electron chi connectivity index (χ2n) is 3.38. The lowest BCUT2D eigenvalue weighted by Crippen LogP contribution is -2.45. The molecular formula is C8H18ClN. The lowest BCUT2D eigenvalue weighted by atomic mass is 9.63. The Morgan fingerprint density at radius 3 is 1.80 bits per heavy atom. The Morgan fingerprint density at radius 1 is 1.30 bits per heavy atom. The van der Waals surface area contributed by atoms with Crippen molar-refractivity contribution in [1.82, 2.24) is 0 Å². The number of hydrogen-bond donors (Lipinski definition) is 1. The maximum atomic E-state index is 5.71. The summed E-state index contributed by atoms with van der Waals surface area (Å²) in [4.78, 5) is 0. The highest BCUT2D eigenvalue weighted by atomic mass is 35.5. The first kappa shape index (κ1) is 10.2. The summed E-state index contributed by atoms with van der Waals surface area (Å²) in [5.41, 5.74) is 6.36. The fourth-order valence-electron chi connectivity index (χ4n) is 1.88. The summed E-state index contributed by atoms with van der Waals surface area (Å²) >= 11 is 0. The molecule has 0 aromatic heterocycles. The van der Waals surface area contributed by atoms with Crippen LogP contribution in [0.15, 0.2) is 0 Å². The minimum absolute atomic E-state index is 0. The quantitative estimate of drug-likeness (QED) is 0.665. The Bertz CT molecular complexity index is 91.4. The molecule has 10 heavy (non-hydrogen) atoms. The molecule has 0 amide bonds. The van der Waals surface area contributed by atoms with E-state index >= 15 is 0 Å². The molecule has 0 heterocycles. The largest absolute Gasteiger partial charge is 0.328 e. The number of rotatable bonds is 2. The monoisotopic (exact) mass is 163 g/mol. The average Bonchev–Trinajstić information content (AvgIpc) is 1.81. The van der Waals surface area contributed by atoms with Crippen LogP contribution in [0.25, 0.3) is 0 Å². The predicted molar refractivity (Wildman–Crippen MR) is 47.5 cm³/mol. The molecule has 1 aliphatic carbocycles. The first-order valence-corrected chi connectivity index (χ1v) is 3.98. The number of nitrogens with two attached hydrogens (primary N) is 1. The van der Waals surface area contributed by atoms with Gasteiger partial charge in [0.25, 0.3) is 0 Å². The molecular weight excluding hydrogens is 146 g/mol. The second-order valence-corrected chi connectivity index (χ2v) is 3.38. The SMILES string of the molecule is CCC1(CC)CC(N)C1.Cl. The molecule has 1 nitrogen and oxygen atoms in total. The van der Waals surface area contributed by atoms with E-state index in [-0.39, 0.29) is 12.4 Å². The van der Waals surface area contributed by atoms with Crippen molar-refractivity contribution in [1.29, 1.82) is 0 Å². The first-order chi connectivity index (χ1) is 4.22. The molecule has 0 spiro atoms. The van der Waals surface area contributed by atoms with E-state index in [1.807, 2.05) is 0 Å². The van der Waals surface area contributed by atoms with Gasteiger partial charge in [-0.25, -0.2) is 0 Å². The van der Waals surface area contributed by atoms with Crippen LogP contribution in [0.5, 0.6) is 0 Å². The van der Waals surface area contributed by atoms with Gasteiger partial charge in [0, 0.05) is 6.04 Å². The van der Waals surface area contributed by atoms with Gasteiger partial charge < -0.3 is 5.73 Å². The van der Waals surface area contributed by atoms with Gasteiger partial charge in [-0.15, -0.1) is 12.4 Å². The van der Waals surface area contributed by atoms with Gasteiger partial charge in [-0.2, -0.15) is 0 Å². The Labute approximate surface area is 69.8 Å². The van der Waals surface area contributed by atoms with Crippen LogP contribution in [0, 0.1) is 5.41 Å². The normalized spacial score (nSPS) is 23.1. The molecule has 1 rings (SSSR count). The van der Waals surface area contributed by atoms with E-state index in [0.29, 0.717) is 11.5 Å². The van der Waals surface area contributed by atoms with Gasteiger partial charge in [0.1, 0.15) is 0 Å². The third-order valence-corrected chi connectivity index (χ3v) is 2.89. The number of halogens is 1. The highest BCUT2D eigenvalue weighted by molar-refractivity contribution is 5.85. The molecule has 0 aromatic carbocycles. The van der Waals surface area contributed by atoms with Crippen molar-refractivity contribution in [3.05, 3.63) is 0 Å². The Morgan fingerprint density at radius 2 is 1.70 bits per heavy atom. The summed E-state index contributed by atoms with van der Waals surface area (Å²) in [7, 11) is 0. The summed E-state index contributed by atoms with van der Waals surface area (Å²) in [5.74, 6) is 0. The maximum Gasteiger partial charge on any atom is 0.00494 e. The molecule has 0 radical (unpaired) electrons. The van der Waals surface area contributed by atoms with Crippen LogP contribution in [0.3, 0.4) is 0 Å². The molecule has 1 aliphatic rings. The minimum atomic E-state index is 0. The highest BCUT2D eigenvalue weighted by Gasteiger charge is 2.38. The molecule has 0 atom stereocenters. The van der Waals surface area contributed by atoms with Gasteiger partial charge in [-0.1, -0.05) is 26.7 Å². The van der Waals surface area contributed by atoms with Gasteiger partial charge in [0.05, 0.1) is 0 Å². The third-order valence-electron chi connectivity index (χ3n) is 2.89. The summed E-state index contributed by atoms with van der Waals surface area (Å²) in [6.07, 6.45) is 5.16. The molecule has 0 aromatic rings. The Balaban J connectivity index is 0.000000810. The standard InChI is InChI=1S/C8H17N.ClH/c1-3-8(4-2)5-7(9)6-8;/h7H,3-6,9H2,1-2H3;1H. The average molecular weight is 164 g/mol. The van der Waals surface area contributed by atoms with Crippen molar-refractivity contribution in [2.75, 3.05) is 0 Å². The lowest BCUT2D eigenvalue weighted by Gasteiger charge is -2.45. The van der Waals surface area contributed by atoms with Crippen molar-refractivity contribution in [2.45, 2.75) is 45.6 Å². The molecule has 2 N–H and O–H groups in total. The van der Waals surface area contributed by atoms with Crippen molar-refractivity contribution in [3.63, 3.8) is 0 Å². The predicted octanol–water partition coefficient (Wildman–Crippen LogP) is 2.34. The minimum Gasteiger partial charge on any atom is -0.328 e. The van der Waals surface area contributed by atoms with Gasteiger partial charge in [-0.3, -0.25) is 0 Å². The maximum absolute atomic E-state index is 5.71. The molecule has 1 saturated carbocycles. The van der Waals surface area contributed by atoms with E-state index in [1.54, 1.807) is 0 Å². The zero-order valence-corrected chi connectivity index (χ0v) is 7.71. The molecule has 0 unspecified atom stereocenters. The van der Waals surface area contributed by atoms with E-state index in [2.05, 4.69) is 13.8 Å². The summed E-state index contributed by atoms with van der Waals surface area (Å²) in [5, 5.41) is 0. The van der Waals surface area contributed by atoms with Crippen molar-refractivity contribution >= 4 is 12.4 Å². The Hall–Kier alpha value is 0.250. The molecule has 0 bridgehead atoms. The Kier molecular flexibility index (Phi) is 3.68. The molecule has 0 saturated heterocycles. The van der Waals surface area contributed by atoms with Gasteiger partial charge in [-0.05, 0) is 18.3 Å². The van der Waals surface area contributed by atoms with Crippen LogP contribution < -0.4 is 5.73 Å². The van der Waals surface area contributed by atoms with E-state index in [0.717, 1.165) is 0 Å². The van der Waals surface area contributed by atoms with Crippen LogP contribution >= 0.6 is 12.4 Å². The lowest BCUT2D eigenvalue weighted by molar-refractivity contribution is 0.0933. The van der Waals surface area contributed by atoms with E-state index in [1.165, 1.54) is 25.7 Å². The van der Waals surface area contributed by atoms with Crippen molar-refractivity contribution in [3.8, 4) is 0 Å². The fraction of sp³-hybridized carbons (Fsp3) is 1.00. The second kappa shape index (κ2) is 3.59. The van der Waals surface area contributed by atoms with E-state index < -0.39 is 0 Å². The molecule has 1 fully saturated rings. The van der Waals surface area contributed by atoms with Crippen molar-refractivity contribution in [2.24, 2.45) is 11.1 Å². The van der Waals surface area contributed by atoms with E-state index in [9.17, 15) is 0 Å². The van der Waals surface area contributed by atoms with Crippen molar-refractivity contribution < 1.29 is 0 Å². The third kappa shape index (κ3) is 1.64. The van der Waals surface area contributed by atoms with Gasteiger partial charge in [0.2, 0.25) is 0 Å². The topological polar surface area (TPSA) is 26.0 Å². The fourth-order valence-corrected chi connectivity index (χ4v) is 1.88. The summed E-state index contributed by atoms with van der Waals surface area (Å²) in [6.45, 7) is 4.55. The van der Waals surface area contributed by atoms with Crippen LogP contribution in [0.4, 0.5) is 0 Å². The van der Waals surface area contributed by atoms with Gasteiger partial charge in [0.15, 0.2) is 0 Å². The van der Waals surface area contributed by atoms with Crippen LogP contribution in [0.1, 0.15) is 39.5 Å². The van der Waals surface area contributed by atoms with Gasteiger partial charge >= 0.3 is 0 Å². The molecule has 62 valence electrons. The highest BCUT2D eigenvalue weighted by Crippen LogP contribution is 2.45. The van der Waals surface area contributed by atoms with Crippen LogP contribution in [0.2, 0.25) is 0 Å². The smallest absolute Gasteiger partial charge is 0.00494 e. The molecule has 2 heteroatoms. The van der Waals surface area contributed by atoms with Crippen LogP contribution in [-0.2, 0) is 0 Å². The van der Waals surface area contributed by atoms with E-state index in [4.69, 9.17) is 5.73 Å². The first-order valence-electron chi connectivity index (χ1n) is 3.98. The summed E-state index contributed by atoms with van der Waals surface area (Å²) < 4.78 is 0.